The van der Waals surface area contributed by atoms with Gasteiger partial charge in [0.1, 0.15) is 10.7 Å². The fraction of sp³-hybridized carbons (Fsp3) is 0.316. The smallest absolute Gasteiger partial charge is 0.324 e. The summed E-state index contributed by atoms with van der Waals surface area (Å²) in [6.45, 7) is 4.00. The van der Waals surface area contributed by atoms with Gasteiger partial charge < -0.3 is 10.2 Å². The molecule has 0 aliphatic heterocycles. The van der Waals surface area contributed by atoms with E-state index < -0.39 is 11.9 Å². The number of benzene rings is 1. The van der Waals surface area contributed by atoms with Gasteiger partial charge in [-0.1, -0.05) is 6.07 Å². The second-order valence-corrected chi connectivity index (χ2v) is 7.74. The van der Waals surface area contributed by atoms with E-state index in [1.807, 2.05) is 45.4 Å². The highest BCUT2D eigenvalue weighted by Gasteiger charge is 2.32. The monoisotopic (exact) mass is 407 g/mol. The Morgan fingerprint density at radius 1 is 1.14 bits per heavy atom. The summed E-state index contributed by atoms with van der Waals surface area (Å²) in [4.78, 5) is 15.0. The quantitative estimate of drug-likeness (QED) is 0.623. The van der Waals surface area contributed by atoms with E-state index in [0.717, 1.165) is 33.3 Å². The number of hydrogen-bond donors (Lipinski definition) is 1. The number of aryl methyl sites for hydroxylation is 1. The molecule has 3 aromatic rings. The average molecular weight is 407 g/mol. The summed E-state index contributed by atoms with van der Waals surface area (Å²) in [7, 11) is 3.99. The lowest BCUT2D eigenvalue weighted by Crippen LogP contribution is -2.16. The molecule has 2 heterocycles. The van der Waals surface area contributed by atoms with Crippen LogP contribution in [0.5, 0.6) is 0 Å². The molecule has 1 unspecified atom stereocenters. The largest absolute Gasteiger partial charge is 0.433 e. The second-order valence-electron chi connectivity index (χ2n) is 6.68. The van der Waals surface area contributed by atoms with Gasteiger partial charge in [0.25, 0.3) is 0 Å². The molecule has 2 aromatic heterocycles. The van der Waals surface area contributed by atoms with E-state index in [4.69, 9.17) is 0 Å². The van der Waals surface area contributed by atoms with Crippen molar-refractivity contribution in [1.82, 2.24) is 19.9 Å². The molecule has 28 heavy (non-hydrogen) atoms. The third-order valence-corrected chi connectivity index (χ3v) is 5.44. The summed E-state index contributed by atoms with van der Waals surface area (Å²) in [5.41, 5.74) is 1.53. The van der Waals surface area contributed by atoms with Crippen molar-refractivity contribution in [3.8, 4) is 10.4 Å². The minimum absolute atomic E-state index is 0.0994. The molecule has 0 aliphatic rings. The first-order valence-electron chi connectivity index (χ1n) is 8.55. The molecular formula is C19H20F3N5S. The van der Waals surface area contributed by atoms with Crippen LogP contribution in [0.1, 0.15) is 29.2 Å². The predicted octanol–water partition coefficient (Wildman–Crippen LogP) is 5.29. The summed E-state index contributed by atoms with van der Waals surface area (Å²) in [6.07, 6.45) is -1.61. The van der Waals surface area contributed by atoms with E-state index in [-0.39, 0.29) is 12.0 Å². The second kappa shape index (κ2) is 7.84. The Kier molecular flexibility index (Phi) is 5.66. The van der Waals surface area contributed by atoms with Crippen molar-refractivity contribution in [1.29, 1.82) is 0 Å². The topological polar surface area (TPSA) is 53.9 Å². The fourth-order valence-electron chi connectivity index (χ4n) is 2.54. The average Bonchev–Trinajstić information content (AvgIpc) is 3.10. The number of nitrogens with one attached hydrogen (secondary N) is 1. The molecule has 0 bridgehead atoms. The van der Waals surface area contributed by atoms with Crippen LogP contribution in [0.3, 0.4) is 0 Å². The van der Waals surface area contributed by atoms with Crippen LogP contribution in [0, 0.1) is 6.92 Å². The van der Waals surface area contributed by atoms with Gasteiger partial charge in [0.15, 0.2) is 0 Å². The fourth-order valence-corrected chi connectivity index (χ4v) is 3.59. The van der Waals surface area contributed by atoms with Crippen LogP contribution < -0.4 is 5.32 Å². The third-order valence-electron chi connectivity index (χ3n) is 4.22. The zero-order valence-electron chi connectivity index (χ0n) is 15.9. The molecule has 0 radical (unpaired) electrons. The molecule has 1 atom stereocenters. The van der Waals surface area contributed by atoms with Gasteiger partial charge in [0.2, 0.25) is 5.95 Å². The van der Waals surface area contributed by atoms with E-state index in [9.17, 15) is 13.2 Å². The molecule has 0 saturated carbocycles. The molecule has 0 aliphatic carbocycles. The van der Waals surface area contributed by atoms with Crippen LogP contribution in [-0.4, -0.2) is 33.9 Å². The first-order chi connectivity index (χ1) is 13.1. The summed E-state index contributed by atoms with van der Waals surface area (Å²) >= 11 is 1.59. The van der Waals surface area contributed by atoms with Gasteiger partial charge in [-0.2, -0.15) is 13.2 Å². The van der Waals surface area contributed by atoms with Gasteiger partial charge in [0.05, 0.1) is 10.9 Å². The number of alkyl halides is 3. The predicted molar refractivity (Wildman–Crippen MR) is 105 cm³/mol. The molecule has 1 N–H and O–H groups in total. The Bertz CT molecular complexity index is 968. The highest BCUT2D eigenvalue weighted by atomic mass is 32.1. The maximum Gasteiger partial charge on any atom is 0.433 e. The Morgan fingerprint density at radius 3 is 2.57 bits per heavy atom. The molecule has 5 nitrogen and oxygen atoms in total. The minimum atomic E-state index is -4.51. The molecule has 148 valence electrons. The first-order valence-corrected chi connectivity index (χ1v) is 9.36. The highest BCUT2D eigenvalue weighted by Crippen LogP contribution is 2.33. The Balaban J connectivity index is 1.89. The zero-order valence-corrected chi connectivity index (χ0v) is 16.7. The molecule has 0 amide bonds. The number of nitrogens with zero attached hydrogens (tertiary/aromatic N) is 4. The van der Waals surface area contributed by atoms with Crippen molar-refractivity contribution in [2.75, 3.05) is 19.4 Å². The van der Waals surface area contributed by atoms with Crippen LogP contribution in [0.25, 0.3) is 10.4 Å². The maximum atomic E-state index is 12.9. The molecule has 1 aromatic carbocycles. The highest BCUT2D eigenvalue weighted by molar-refractivity contribution is 7.15. The number of hydrogen-bond acceptors (Lipinski definition) is 6. The van der Waals surface area contributed by atoms with Gasteiger partial charge in [-0.3, -0.25) is 0 Å². The van der Waals surface area contributed by atoms with E-state index >= 15 is 0 Å². The summed E-state index contributed by atoms with van der Waals surface area (Å²) in [5.74, 6) is -0.0994. The maximum absolute atomic E-state index is 12.9. The Labute approximate surface area is 165 Å². The van der Waals surface area contributed by atoms with Gasteiger partial charge in [-0.15, -0.1) is 11.3 Å². The SMILES string of the molecule is Cc1cc(Nc2nccc(C(F)(F)F)n2)cc(-c2cnc(C(C)N(C)C)s2)c1. The van der Waals surface area contributed by atoms with Crippen molar-refractivity contribution in [3.05, 3.63) is 52.9 Å². The number of rotatable bonds is 5. The van der Waals surface area contributed by atoms with Crippen LogP contribution in [0.2, 0.25) is 0 Å². The normalized spacial score (nSPS) is 13.0. The van der Waals surface area contributed by atoms with Crippen molar-refractivity contribution in [3.63, 3.8) is 0 Å². The molecule has 9 heteroatoms. The number of halogens is 3. The van der Waals surface area contributed by atoms with E-state index in [1.54, 1.807) is 11.3 Å². The molecule has 3 rings (SSSR count). The molecule has 0 spiro atoms. The summed E-state index contributed by atoms with van der Waals surface area (Å²) in [6, 6.07) is 6.73. The lowest BCUT2D eigenvalue weighted by atomic mass is 10.1. The minimum Gasteiger partial charge on any atom is -0.324 e. The van der Waals surface area contributed by atoms with Crippen LogP contribution in [-0.2, 0) is 6.18 Å². The molecule has 0 fully saturated rings. The summed E-state index contributed by atoms with van der Waals surface area (Å²) in [5, 5.41) is 3.87. The van der Waals surface area contributed by atoms with E-state index in [2.05, 4.69) is 32.1 Å². The van der Waals surface area contributed by atoms with Crippen LogP contribution in [0.15, 0.2) is 36.7 Å². The first kappa shape index (κ1) is 20.2. The molecule has 0 saturated heterocycles. The lowest BCUT2D eigenvalue weighted by molar-refractivity contribution is -0.141. The van der Waals surface area contributed by atoms with Crippen molar-refractivity contribution in [2.45, 2.75) is 26.1 Å². The van der Waals surface area contributed by atoms with Crippen LogP contribution >= 0.6 is 11.3 Å². The van der Waals surface area contributed by atoms with Gasteiger partial charge >= 0.3 is 6.18 Å². The number of thiazole rings is 1. The zero-order chi connectivity index (χ0) is 20.5. The number of anilines is 2. The van der Waals surface area contributed by atoms with Gasteiger partial charge in [-0.25, -0.2) is 15.0 Å². The van der Waals surface area contributed by atoms with Crippen molar-refractivity contribution >= 4 is 23.0 Å². The Hall–Kier alpha value is -2.52. The van der Waals surface area contributed by atoms with Crippen molar-refractivity contribution < 1.29 is 13.2 Å². The van der Waals surface area contributed by atoms with Crippen LogP contribution in [0.4, 0.5) is 24.8 Å². The Morgan fingerprint density at radius 2 is 1.89 bits per heavy atom. The molecular weight excluding hydrogens is 387 g/mol. The number of aromatic nitrogens is 3. The standard InChI is InChI=1S/C19H20F3N5S/c1-11-7-13(15-10-24-17(28-15)12(2)27(3)4)9-14(8-11)25-18-23-6-5-16(26-18)19(20,21)22/h5-10,12H,1-4H3,(H,23,25,26). The van der Waals surface area contributed by atoms with E-state index in [1.165, 1.54) is 0 Å². The van der Waals surface area contributed by atoms with Crippen molar-refractivity contribution in [2.24, 2.45) is 0 Å². The van der Waals surface area contributed by atoms with Gasteiger partial charge in [0, 0.05) is 18.1 Å². The third kappa shape index (κ3) is 4.66. The summed E-state index contributed by atoms with van der Waals surface area (Å²) < 4.78 is 38.6. The van der Waals surface area contributed by atoms with E-state index in [0.29, 0.717) is 5.69 Å². The lowest BCUT2D eigenvalue weighted by Gasteiger charge is -2.16. The van der Waals surface area contributed by atoms with Gasteiger partial charge in [-0.05, 0) is 57.3 Å².